The maximum atomic E-state index is 13.5. The van der Waals surface area contributed by atoms with Gasteiger partial charge in [-0.25, -0.2) is 23.5 Å². The first-order valence-electron chi connectivity index (χ1n) is 8.26. The van der Waals surface area contributed by atoms with E-state index in [1.807, 2.05) is 14.1 Å². The second-order valence-corrected chi connectivity index (χ2v) is 6.29. The zero-order valence-corrected chi connectivity index (χ0v) is 15.1. The second kappa shape index (κ2) is 7.18. The van der Waals surface area contributed by atoms with Crippen LogP contribution in [0.4, 0.5) is 19.3 Å². The highest BCUT2D eigenvalue weighted by atomic mass is 19.3. The van der Waals surface area contributed by atoms with E-state index in [1.165, 1.54) is 18.2 Å². The molecular weight excluding hydrogens is 354 g/mol. The van der Waals surface area contributed by atoms with Crippen LogP contribution in [-0.4, -0.2) is 25.1 Å². The van der Waals surface area contributed by atoms with E-state index in [9.17, 15) is 13.6 Å². The van der Waals surface area contributed by atoms with Crippen molar-refractivity contribution in [2.45, 2.75) is 18.9 Å². The van der Waals surface area contributed by atoms with E-state index in [2.05, 4.69) is 20.6 Å². The fourth-order valence-corrected chi connectivity index (χ4v) is 2.72. The molecule has 0 saturated carbocycles. The summed E-state index contributed by atoms with van der Waals surface area (Å²) in [7, 11) is 3.62. The monoisotopic (exact) mass is 374 g/mol. The first kappa shape index (κ1) is 18.6. The molecule has 0 spiro atoms. The molecule has 0 radical (unpaired) electrons. The Kier molecular flexibility index (Phi) is 4.93. The SMILES string of the molecule is Cn1ccnc1C(NC(=O)Nc1cccc(C(C)(F)F)c1)c1nccn1C. The van der Waals surface area contributed by atoms with Gasteiger partial charge in [0.1, 0.15) is 17.7 Å². The van der Waals surface area contributed by atoms with Gasteiger partial charge in [0.15, 0.2) is 0 Å². The predicted molar refractivity (Wildman–Crippen MR) is 96.4 cm³/mol. The summed E-state index contributed by atoms with van der Waals surface area (Å²) in [5.74, 6) is -1.81. The van der Waals surface area contributed by atoms with Crippen molar-refractivity contribution in [3.8, 4) is 0 Å². The smallest absolute Gasteiger partial charge is 0.320 e. The van der Waals surface area contributed by atoms with Crippen molar-refractivity contribution in [1.82, 2.24) is 24.4 Å². The van der Waals surface area contributed by atoms with Gasteiger partial charge in [-0.15, -0.1) is 0 Å². The normalized spacial score (nSPS) is 11.6. The van der Waals surface area contributed by atoms with Gasteiger partial charge in [-0.2, -0.15) is 0 Å². The maximum absolute atomic E-state index is 13.5. The van der Waals surface area contributed by atoms with Crippen molar-refractivity contribution in [3.05, 3.63) is 66.3 Å². The minimum Gasteiger partial charge on any atom is -0.336 e. The lowest BCUT2D eigenvalue weighted by molar-refractivity contribution is 0.0175. The van der Waals surface area contributed by atoms with Crippen LogP contribution in [0, 0.1) is 0 Å². The number of hydrogen-bond acceptors (Lipinski definition) is 3. The van der Waals surface area contributed by atoms with E-state index in [0.717, 1.165) is 6.92 Å². The van der Waals surface area contributed by atoms with Crippen molar-refractivity contribution >= 4 is 11.7 Å². The van der Waals surface area contributed by atoms with Crippen LogP contribution in [0.25, 0.3) is 0 Å². The molecule has 3 rings (SSSR count). The Bertz CT molecular complexity index is 903. The number of nitrogens with zero attached hydrogens (tertiary/aromatic N) is 4. The molecular formula is C18H20F2N6O. The molecule has 1 aromatic carbocycles. The lowest BCUT2D eigenvalue weighted by Gasteiger charge is -2.19. The minimum absolute atomic E-state index is 0.176. The van der Waals surface area contributed by atoms with Gasteiger partial charge in [0, 0.05) is 57.1 Å². The number of aromatic nitrogens is 4. The van der Waals surface area contributed by atoms with Gasteiger partial charge in [-0.3, -0.25) is 0 Å². The number of carbonyl (C=O) groups excluding carboxylic acids is 1. The van der Waals surface area contributed by atoms with Crippen molar-refractivity contribution in [1.29, 1.82) is 0 Å². The first-order valence-corrected chi connectivity index (χ1v) is 8.26. The highest BCUT2D eigenvalue weighted by Crippen LogP contribution is 2.28. The lowest BCUT2D eigenvalue weighted by atomic mass is 10.1. The van der Waals surface area contributed by atoms with Crippen molar-refractivity contribution < 1.29 is 13.6 Å². The molecule has 2 N–H and O–H groups in total. The number of imidazole rings is 2. The number of urea groups is 1. The Morgan fingerprint density at radius 2 is 1.70 bits per heavy atom. The largest absolute Gasteiger partial charge is 0.336 e. The fraction of sp³-hybridized carbons (Fsp3) is 0.278. The van der Waals surface area contributed by atoms with Gasteiger partial charge >= 0.3 is 6.03 Å². The number of halogens is 2. The van der Waals surface area contributed by atoms with Crippen molar-refractivity contribution in [3.63, 3.8) is 0 Å². The number of nitrogens with one attached hydrogen (secondary N) is 2. The molecule has 0 atom stereocenters. The molecule has 0 bridgehead atoms. The number of aryl methyl sites for hydroxylation is 2. The number of amides is 2. The molecule has 2 aromatic heterocycles. The van der Waals surface area contributed by atoms with Crippen LogP contribution in [0.5, 0.6) is 0 Å². The topological polar surface area (TPSA) is 76.8 Å². The van der Waals surface area contributed by atoms with Crippen LogP contribution in [0.1, 0.15) is 30.2 Å². The number of rotatable bonds is 5. The number of carbonyl (C=O) groups is 1. The Morgan fingerprint density at radius 3 is 2.19 bits per heavy atom. The molecule has 0 aliphatic heterocycles. The molecule has 0 fully saturated rings. The van der Waals surface area contributed by atoms with E-state index in [1.54, 1.807) is 40.0 Å². The number of benzene rings is 1. The van der Waals surface area contributed by atoms with Crippen LogP contribution in [0.3, 0.4) is 0 Å². The van der Waals surface area contributed by atoms with Gasteiger partial charge in [-0.1, -0.05) is 12.1 Å². The molecule has 7 nitrogen and oxygen atoms in total. The van der Waals surface area contributed by atoms with Gasteiger partial charge in [0.2, 0.25) is 0 Å². The first-order chi connectivity index (χ1) is 12.8. The summed E-state index contributed by atoms with van der Waals surface area (Å²) in [5, 5.41) is 5.40. The highest BCUT2D eigenvalue weighted by molar-refractivity contribution is 5.89. The van der Waals surface area contributed by atoms with Gasteiger partial charge < -0.3 is 19.8 Å². The van der Waals surface area contributed by atoms with Crippen LogP contribution in [0.2, 0.25) is 0 Å². The van der Waals surface area contributed by atoms with Crippen LogP contribution < -0.4 is 10.6 Å². The molecule has 142 valence electrons. The molecule has 27 heavy (non-hydrogen) atoms. The van der Waals surface area contributed by atoms with E-state index >= 15 is 0 Å². The summed E-state index contributed by atoms with van der Waals surface area (Å²) in [6.45, 7) is 0.810. The fourth-order valence-electron chi connectivity index (χ4n) is 2.72. The van der Waals surface area contributed by atoms with Gasteiger partial charge in [0.05, 0.1) is 0 Å². The van der Waals surface area contributed by atoms with Crippen LogP contribution >= 0.6 is 0 Å². The van der Waals surface area contributed by atoms with E-state index in [-0.39, 0.29) is 11.3 Å². The predicted octanol–water partition coefficient (Wildman–Crippen LogP) is 3.18. The molecule has 0 aliphatic rings. The molecule has 0 saturated heterocycles. The third-order valence-electron chi connectivity index (χ3n) is 4.14. The average Bonchev–Trinajstić information content (AvgIpc) is 3.20. The molecule has 2 amide bonds. The Morgan fingerprint density at radius 1 is 1.11 bits per heavy atom. The van der Waals surface area contributed by atoms with Crippen molar-refractivity contribution in [2.75, 3.05) is 5.32 Å². The zero-order chi connectivity index (χ0) is 19.6. The summed E-state index contributed by atoms with van der Waals surface area (Å²) < 4.78 is 30.5. The number of alkyl halides is 2. The number of hydrogen-bond donors (Lipinski definition) is 2. The minimum atomic E-state index is -2.99. The third-order valence-corrected chi connectivity index (χ3v) is 4.14. The maximum Gasteiger partial charge on any atom is 0.320 e. The quantitative estimate of drug-likeness (QED) is 0.720. The molecule has 9 heteroatoms. The Balaban J connectivity index is 1.82. The summed E-state index contributed by atoms with van der Waals surface area (Å²) >= 11 is 0. The Hall–Kier alpha value is -3.23. The third kappa shape index (κ3) is 4.13. The summed E-state index contributed by atoms with van der Waals surface area (Å²) in [5.41, 5.74) is 0.0926. The standard InChI is InChI=1S/C18H20F2N6O/c1-18(19,20)12-5-4-6-13(11-12)23-17(27)24-14(15-21-7-9-25(15)2)16-22-8-10-26(16)3/h4-11,14H,1-3H3,(H2,23,24,27). The zero-order valence-electron chi connectivity index (χ0n) is 15.1. The van der Waals surface area contributed by atoms with Crippen LogP contribution in [0.15, 0.2) is 49.1 Å². The summed E-state index contributed by atoms with van der Waals surface area (Å²) in [6, 6.07) is 4.41. The van der Waals surface area contributed by atoms with E-state index in [0.29, 0.717) is 11.6 Å². The summed E-state index contributed by atoms with van der Waals surface area (Å²) in [6.07, 6.45) is 6.77. The van der Waals surface area contributed by atoms with Gasteiger partial charge in [-0.05, 0) is 12.1 Å². The van der Waals surface area contributed by atoms with Crippen molar-refractivity contribution in [2.24, 2.45) is 14.1 Å². The summed E-state index contributed by atoms with van der Waals surface area (Å²) in [4.78, 5) is 21.1. The molecule has 3 aromatic rings. The van der Waals surface area contributed by atoms with E-state index < -0.39 is 18.0 Å². The highest BCUT2D eigenvalue weighted by Gasteiger charge is 2.26. The lowest BCUT2D eigenvalue weighted by Crippen LogP contribution is -2.35. The van der Waals surface area contributed by atoms with Crippen LogP contribution in [-0.2, 0) is 20.0 Å². The Labute approximate surface area is 155 Å². The van der Waals surface area contributed by atoms with E-state index in [4.69, 9.17) is 0 Å². The molecule has 2 heterocycles. The average molecular weight is 374 g/mol. The molecule has 0 aliphatic carbocycles. The second-order valence-electron chi connectivity index (χ2n) is 6.29. The van der Waals surface area contributed by atoms with Gasteiger partial charge in [0.25, 0.3) is 5.92 Å². The number of anilines is 1. The molecule has 0 unspecified atom stereocenters.